The van der Waals surface area contributed by atoms with Crippen LogP contribution in [0, 0.1) is 23.2 Å². The van der Waals surface area contributed by atoms with Gasteiger partial charge in [0.25, 0.3) is 0 Å². The van der Waals surface area contributed by atoms with Crippen molar-refractivity contribution in [3.8, 4) is 6.07 Å². The summed E-state index contributed by atoms with van der Waals surface area (Å²) in [6.07, 6.45) is 1.23. The lowest BCUT2D eigenvalue weighted by atomic mass is 9.86. The lowest BCUT2D eigenvalue weighted by Crippen LogP contribution is -2.48. The van der Waals surface area contributed by atoms with Crippen molar-refractivity contribution in [2.75, 3.05) is 18.4 Å². The minimum absolute atomic E-state index is 0.0155. The standard InChI is InChI=1S/C17H23N3O/c1-12-7-13(2)14(3)20(10-12)11-17(21)19-16-6-4-5-15(8-16)9-18/h4-6,8,12-14H,7,10-11H2,1-3H3,(H,19,21). The molecule has 0 aliphatic carbocycles. The van der Waals surface area contributed by atoms with Gasteiger partial charge in [-0.25, -0.2) is 0 Å². The van der Waals surface area contributed by atoms with Gasteiger partial charge in [-0.2, -0.15) is 5.26 Å². The van der Waals surface area contributed by atoms with Gasteiger partial charge in [0, 0.05) is 18.3 Å². The topological polar surface area (TPSA) is 56.1 Å². The van der Waals surface area contributed by atoms with Crippen molar-refractivity contribution in [3.63, 3.8) is 0 Å². The van der Waals surface area contributed by atoms with E-state index in [0.29, 0.717) is 35.7 Å². The van der Waals surface area contributed by atoms with Crippen LogP contribution in [0.4, 0.5) is 5.69 Å². The molecule has 0 bridgehead atoms. The van der Waals surface area contributed by atoms with Crippen molar-refractivity contribution < 1.29 is 4.79 Å². The smallest absolute Gasteiger partial charge is 0.238 e. The summed E-state index contributed by atoms with van der Waals surface area (Å²) in [4.78, 5) is 14.5. The second-order valence-corrected chi connectivity index (χ2v) is 6.23. The molecule has 1 aliphatic heterocycles. The van der Waals surface area contributed by atoms with E-state index in [9.17, 15) is 4.79 Å². The van der Waals surface area contributed by atoms with Crippen molar-refractivity contribution in [1.29, 1.82) is 5.26 Å². The zero-order chi connectivity index (χ0) is 15.4. The highest BCUT2D eigenvalue weighted by atomic mass is 16.2. The van der Waals surface area contributed by atoms with E-state index in [0.717, 1.165) is 6.54 Å². The highest BCUT2D eigenvalue weighted by Crippen LogP contribution is 2.26. The Morgan fingerprint density at radius 1 is 1.43 bits per heavy atom. The third kappa shape index (κ3) is 4.05. The van der Waals surface area contributed by atoms with E-state index in [-0.39, 0.29) is 5.91 Å². The Labute approximate surface area is 126 Å². The minimum atomic E-state index is -0.0155. The maximum Gasteiger partial charge on any atom is 0.238 e. The third-order valence-corrected chi connectivity index (χ3v) is 4.34. The molecule has 4 nitrogen and oxygen atoms in total. The molecule has 3 atom stereocenters. The Balaban J connectivity index is 1.96. The van der Waals surface area contributed by atoms with Crippen molar-refractivity contribution in [3.05, 3.63) is 29.8 Å². The number of piperidine rings is 1. The van der Waals surface area contributed by atoms with Crippen LogP contribution >= 0.6 is 0 Å². The lowest BCUT2D eigenvalue weighted by molar-refractivity contribution is -0.118. The molecular weight excluding hydrogens is 262 g/mol. The fourth-order valence-electron chi connectivity index (χ4n) is 3.09. The minimum Gasteiger partial charge on any atom is -0.325 e. The van der Waals surface area contributed by atoms with E-state index in [1.807, 2.05) is 6.07 Å². The molecule has 4 heteroatoms. The highest BCUT2D eigenvalue weighted by Gasteiger charge is 2.29. The second-order valence-electron chi connectivity index (χ2n) is 6.23. The number of nitriles is 1. The predicted octanol–water partition coefficient (Wildman–Crippen LogP) is 2.86. The molecule has 0 radical (unpaired) electrons. The van der Waals surface area contributed by atoms with Crippen LogP contribution in [0.5, 0.6) is 0 Å². The summed E-state index contributed by atoms with van der Waals surface area (Å²) in [5, 5.41) is 11.8. The molecule has 3 unspecified atom stereocenters. The average molecular weight is 285 g/mol. The zero-order valence-corrected chi connectivity index (χ0v) is 13.0. The molecule has 1 heterocycles. The van der Waals surface area contributed by atoms with Crippen LogP contribution in [0.15, 0.2) is 24.3 Å². The van der Waals surface area contributed by atoms with Gasteiger partial charge in [-0.15, -0.1) is 0 Å². The summed E-state index contributed by atoms with van der Waals surface area (Å²) in [6.45, 7) is 8.06. The van der Waals surface area contributed by atoms with Crippen molar-refractivity contribution in [2.45, 2.75) is 33.2 Å². The molecule has 1 aromatic carbocycles. The van der Waals surface area contributed by atoms with Gasteiger partial charge in [0.1, 0.15) is 0 Å². The highest BCUT2D eigenvalue weighted by molar-refractivity contribution is 5.92. The largest absolute Gasteiger partial charge is 0.325 e. The molecule has 1 N–H and O–H groups in total. The summed E-state index contributed by atoms with van der Waals surface area (Å²) in [7, 11) is 0. The fourth-order valence-corrected chi connectivity index (χ4v) is 3.09. The number of rotatable bonds is 3. The number of hydrogen-bond donors (Lipinski definition) is 1. The first-order valence-corrected chi connectivity index (χ1v) is 7.53. The number of nitrogens with zero attached hydrogens (tertiary/aromatic N) is 2. The number of nitrogens with one attached hydrogen (secondary N) is 1. The molecule has 1 aromatic rings. The van der Waals surface area contributed by atoms with Crippen LogP contribution in [-0.2, 0) is 4.79 Å². The molecular formula is C17H23N3O. The summed E-state index contributed by atoms with van der Waals surface area (Å²) in [5.74, 6) is 1.23. The molecule has 21 heavy (non-hydrogen) atoms. The quantitative estimate of drug-likeness (QED) is 0.929. The summed E-state index contributed by atoms with van der Waals surface area (Å²) in [5.41, 5.74) is 1.24. The number of anilines is 1. The third-order valence-electron chi connectivity index (χ3n) is 4.34. The average Bonchev–Trinajstić information content (AvgIpc) is 2.44. The Kier molecular flexibility index (Phi) is 4.98. The Hall–Kier alpha value is -1.86. The first-order valence-electron chi connectivity index (χ1n) is 7.53. The van der Waals surface area contributed by atoms with Gasteiger partial charge in [0.2, 0.25) is 5.91 Å². The Morgan fingerprint density at radius 3 is 2.90 bits per heavy atom. The van der Waals surface area contributed by atoms with Gasteiger partial charge in [-0.1, -0.05) is 19.9 Å². The SMILES string of the molecule is CC1CC(C)C(C)N(CC(=O)Nc2cccc(C#N)c2)C1. The van der Waals surface area contributed by atoms with Crippen LogP contribution in [-0.4, -0.2) is 29.9 Å². The number of hydrogen-bond acceptors (Lipinski definition) is 3. The molecule has 1 aliphatic rings. The number of benzene rings is 1. The fraction of sp³-hybridized carbons (Fsp3) is 0.529. The first-order chi connectivity index (χ1) is 9.99. The van der Waals surface area contributed by atoms with Crippen LogP contribution < -0.4 is 5.32 Å². The first kappa shape index (κ1) is 15.5. The molecule has 1 saturated heterocycles. The molecule has 0 saturated carbocycles. The van der Waals surface area contributed by atoms with Crippen LogP contribution in [0.3, 0.4) is 0 Å². The maximum atomic E-state index is 12.2. The Bertz CT molecular complexity index is 549. The van der Waals surface area contributed by atoms with E-state index in [1.54, 1.807) is 18.2 Å². The van der Waals surface area contributed by atoms with E-state index in [4.69, 9.17) is 5.26 Å². The van der Waals surface area contributed by atoms with Gasteiger partial charge >= 0.3 is 0 Å². The van der Waals surface area contributed by atoms with Gasteiger partial charge in [-0.05, 0) is 43.4 Å². The van der Waals surface area contributed by atoms with Crippen LogP contribution in [0.2, 0.25) is 0 Å². The van der Waals surface area contributed by atoms with Crippen molar-refractivity contribution >= 4 is 11.6 Å². The molecule has 1 amide bonds. The number of amides is 1. The Morgan fingerprint density at radius 2 is 2.19 bits per heavy atom. The molecule has 1 fully saturated rings. The number of likely N-dealkylation sites (tertiary alicyclic amines) is 1. The van der Waals surface area contributed by atoms with Gasteiger partial charge in [0.05, 0.1) is 18.2 Å². The van der Waals surface area contributed by atoms with Crippen molar-refractivity contribution in [1.82, 2.24) is 4.90 Å². The van der Waals surface area contributed by atoms with Crippen molar-refractivity contribution in [2.24, 2.45) is 11.8 Å². The van der Waals surface area contributed by atoms with Crippen LogP contribution in [0.1, 0.15) is 32.8 Å². The van der Waals surface area contributed by atoms with E-state index >= 15 is 0 Å². The van der Waals surface area contributed by atoms with E-state index in [2.05, 4.69) is 37.1 Å². The second kappa shape index (κ2) is 6.73. The molecule has 112 valence electrons. The maximum absolute atomic E-state index is 12.2. The predicted molar refractivity (Wildman–Crippen MR) is 83.8 cm³/mol. The van der Waals surface area contributed by atoms with E-state index < -0.39 is 0 Å². The van der Waals surface area contributed by atoms with Gasteiger partial charge in [0.15, 0.2) is 0 Å². The molecule has 2 rings (SSSR count). The lowest BCUT2D eigenvalue weighted by Gasteiger charge is -2.40. The summed E-state index contributed by atoms with van der Waals surface area (Å²) < 4.78 is 0. The summed E-state index contributed by atoms with van der Waals surface area (Å²) in [6, 6.07) is 9.52. The van der Waals surface area contributed by atoms with Gasteiger partial charge < -0.3 is 5.32 Å². The zero-order valence-electron chi connectivity index (χ0n) is 13.0. The normalized spacial score (nSPS) is 26.1. The van der Waals surface area contributed by atoms with Gasteiger partial charge in [-0.3, -0.25) is 9.69 Å². The monoisotopic (exact) mass is 285 g/mol. The van der Waals surface area contributed by atoms with E-state index in [1.165, 1.54) is 6.42 Å². The summed E-state index contributed by atoms with van der Waals surface area (Å²) >= 11 is 0. The number of carbonyl (C=O) groups is 1. The molecule has 0 aromatic heterocycles. The molecule has 0 spiro atoms. The number of carbonyl (C=O) groups excluding carboxylic acids is 1. The van der Waals surface area contributed by atoms with Crippen LogP contribution in [0.25, 0.3) is 0 Å².